The summed E-state index contributed by atoms with van der Waals surface area (Å²) in [7, 11) is 0. The fourth-order valence-corrected chi connectivity index (χ4v) is 2.30. The Labute approximate surface area is 99.6 Å². The monoisotopic (exact) mass is 229 g/mol. The molecule has 1 aliphatic rings. The summed E-state index contributed by atoms with van der Waals surface area (Å²) in [4.78, 5) is 0. The Kier molecular flexibility index (Phi) is 7.81. The third-order valence-electron chi connectivity index (χ3n) is 3.52. The highest BCUT2D eigenvalue weighted by molar-refractivity contribution is 4.74. The van der Waals surface area contributed by atoms with Gasteiger partial charge in [0, 0.05) is 25.9 Å². The van der Waals surface area contributed by atoms with Gasteiger partial charge in [0.1, 0.15) is 0 Å². The molecule has 1 saturated heterocycles. The number of aliphatic hydroxyl groups is 1. The molecule has 0 spiro atoms. The molecule has 0 amide bonds. The van der Waals surface area contributed by atoms with E-state index >= 15 is 0 Å². The Bertz CT molecular complexity index is 158. The summed E-state index contributed by atoms with van der Waals surface area (Å²) >= 11 is 0. The minimum absolute atomic E-state index is 0.339. The first-order valence-corrected chi connectivity index (χ1v) is 6.76. The molecule has 0 saturated carbocycles. The van der Waals surface area contributed by atoms with E-state index in [2.05, 4.69) is 12.2 Å². The van der Waals surface area contributed by atoms with Crippen LogP contribution in [0.25, 0.3) is 0 Å². The molecule has 0 aliphatic carbocycles. The molecule has 0 bridgehead atoms. The van der Waals surface area contributed by atoms with Crippen LogP contribution in [-0.4, -0.2) is 37.5 Å². The van der Waals surface area contributed by atoms with Gasteiger partial charge >= 0.3 is 0 Å². The molecule has 3 heteroatoms. The van der Waals surface area contributed by atoms with Crippen molar-refractivity contribution in [3.8, 4) is 0 Å². The molecule has 0 aromatic rings. The van der Waals surface area contributed by atoms with Crippen molar-refractivity contribution in [1.82, 2.24) is 5.32 Å². The lowest BCUT2D eigenvalue weighted by atomic mass is 9.93. The molecule has 2 N–H and O–H groups in total. The molecule has 0 aromatic heterocycles. The first-order valence-electron chi connectivity index (χ1n) is 6.76. The number of hydrogen-bond donors (Lipinski definition) is 2. The van der Waals surface area contributed by atoms with Gasteiger partial charge in [0.25, 0.3) is 0 Å². The van der Waals surface area contributed by atoms with E-state index in [9.17, 15) is 0 Å². The van der Waals surface area contributed by atoms with E-state index in [-0.39, 0.29) is 0 Å². The molecule has 1 aliphatic heterocycles. The quantitative estimate of drug-likeness (QED) is 0.625. The summed E-state index contributed by atoms with van der Waals surface area (Å²) in [5.41, 5.74) is 0. The van der Waals surface area contributed by atoms with Gasteiger partial charge in [0.15, 0.2) is 0 Å². The SMILES string of the molecule is CC(NCCCCCCO)C1CCOCC1. The van der Waals surface area contributed by atoms with Crippen molar-refractivity contribution in [3.05, 3.63) is 0 Å². The molecular weight excluding hydrogens is 202 g/mol. The van der Waals surface area contributed by atoms with Gasteiger partial charge in [0.2, 0.25) is 0 Å². The molecule has 3 nitrogen and oxygen atoms in total. The van der Waals surface area contributed by atoms with Crippen LogP contribution in [0.2, 0.25) is 0 Å². The molecule has 1 fully saturated rings. The van der Waals surface area contributed by atoms with Gasteiger partial charge in [-0.25, -0.2) is 0 Å². The van der Waals surface area contributed by atoms with Crippen molar-refractivity contribution < 1.29 is 9.84 Å². The Balaban J connectivity index is 1.94. The predicted molar refractivity (Wildman–Crippen MR) is 66.6 cm³/mol. The molecule has 1 heterocycles. The lowest BCUT2D eigenvalue weighted by molar-refractivity contribution is 0.0560. The normalized spacial score (nSPS) is 19.9. The third-order valence-corrected chi connectivity index (χ3v) is 3.52. The van der Waals surface area contributed by atoms with Crippen LogP contribution in [0.4, 0.5) is 0 Å². The molecule has 96 valence electrons. The zero-order valence-corrected chi connectivity index (χ0v) is 10.6. The van der Waals surface area contributed by atoms with Gasteiger partial charge in [-0.05, 0) is 45.1 Å². The van der Waals surface area contributed by atoms with Gasteiger partial charge in [-0.2, -0.15) is 0 Å². The number of nitrogens with one attached hydrogen (secondary N) is 1. The van der Waals surface area contributed by atoms with E-state index < -0.39 is 0 Å². The largest absolute Gasteiger partial charge is 0.396 e. The van der Waals surface area contributed by atoms with Crippen molar-refractivity contribution in [2.45, 2.75) is 51.5 Å². The van der Waals surface area contributed by atoms with Crippen LogP contribution >= 0.6 is 0 Å². The summed E-state index contributed by atoms with van der Waals surface area (Å²) in [6.07, 6.45) is 6.98. The molecule has 1 atom stereocenters. The van der Waals surface area contributed by atoms with E-state index in [1.54, 1.807) is 0 Å². The first-order chi connectivity index (χ1) is 7.84. The van der Waals surface area contributed by atoms with E-state index in [1.165, 1.54) is 25.7 Å². The number of rotatable bonds is 8. The Morgan fingerprint density at radius 2 is 1.88 bits per heavy atom. The standard InChI is InChI=1S/C13H27NO2/c1-12(13-6-10-16-11-7-13)14-8-4-2-3-5-9-15/h12-15H,2-11H2,1H3. The van der Waals surface area contributed by atoms with Crippen LogP contribution < -0.4 is 5.32 Å². The van der Waals surface area contributed by atoms with Crippen LogP contribution in [0.1, 0.15) is 45.4 Å². The van der Waals surface area contributed by atoms with Crippen molar-refractivity contribution >= 4 is 0 Å². The smallest absolute Gasteiger partial charge is 0.0469 e. The van der Waals surface area contributed by atoms with Crippen molar-refractivity contribution in [2.75, 3.05) is 26.4 Å². The van der Waals surface area contributed by atoms with Crippen LogP contribution in [0.15, 0.2) is 0 Å². The lowest BCUT2D eigenvalue weighted by Crippen LogP contribution is -2.37. The van der Waals surface area contributed by atoms with Gasteiger partial charge in [-0.1, -0.05) is 12.8 Å². The first kappa shape index (κ1) is 13.9. The topological polar surface area (TPSA) is 41.5 Å². The third kappa shape index (κ3) is 5.83. The van der Waals surface area contributed by atoms with Crippen molar-refractivity contribution in [3.63, 3.8) is 0 Å². The van der Waals surface area contributed by atoms with Gasteiger partial charge < -0.3 is 15.2 Å². The molecule has 0 aromatic carbocycles. The minimum Gasteiger partial charge on any atom is -0.396 e. The molecule has 1 rings (SSSR count). The maximum atomic E-state index is 8.65. The highest BCUT2D eigenvalue weighted by atomic mass is 16.5. The van der Waals surface area contributed by atoms with Gasteiger partial charge in [-0.3, -0.25) is 0 Å². The fraction of sp³-hybridized carbons (Fsp3) is 1.00. The van der Waals surface area contributed by atoms with Crippen molar-refractivity contribution in [2.24, 2.45) is 5.92 Å². The minimum atomic E-state index is 0.339. The van der Waals surface area contributed by atoms with Crippen molar-refractivity contribution in [1.29, 1.82) is 0 Å². The summed E-state index contributed by atoms with van der Waals surface area (Å²) in [5, 5.41) is 12.3. The highest BCUT2D eigenvalue weighted by Gasteiger charge is 2.19. The maximum absolute atomic E-state index is 8.65. The van der Waals surface area contributed by atoms with E-state index in [1.807, 2.05) is 0 Å². The average Bonchev–Trinajstić information content (AvgIpc) is 2.34. The number of unbranched alkanes of at least 4 members (excludes halogenated alkanes) is 3. The summed E-state index contributed by atoms with van der Waals surface area (Å²) in [6, 6.07) is 0.627. The highest BCUT2D eigenvalue weighted by Crippen LogP contribution is 2.18. The van der Waals surface area contributed by atoms with Crippen LogP contribution in [-0.2, 0) is 4.74 Å². The van der Waals surface area contributed by atoms with Crippen LogP contribution in [0.3, 0.4) is 0 Å². The van der Waals surface area contributed by atoms with Gasteiger partial charge in [0.05, 0.1) is 0 Å². The predicted octanol–water partition coefficient (Wildman–Crippen LogP) is 1.94. The number of ether oxygens (including phenoxy) is 1. The number of hydrogen-bond acceptors (Lipinski definition) is 3. The maximum Gasteiger partial charge on any atom is 0.0469 e. The summed E-state index contributed by atoms with van der Waals surface area (Å²) < 4.78 is 5.37. The van der Waals surface area contributed by atoms with Crippen LogP contribution in [0, 0.1) is 5.92 Å². The summed E-state index contributed by atoms with van der Waals surface area (Å²) in [5.74, 6) is 0.797. The lowest BCUT2D eigenvalue weighted by Gasteiger charge is -2.28. The zero-order chi connectivity index (χ0) is 11.6. The van der Waals surface area contributed by atoms with Gasteiger partial charge in [-0.15, -0.1) is 0 Å². The Hall–Kier alpha value is -0.120. The molecular formula is C13H27NO2. The van der Waals surface area contributed by atoms with E-state index in [4.69, 9.17) is 9.84 Å². The van der Waals surface area contributed by atoms with E-state index in [0.29, 0.717) is 12.6 Å². The van der Waals surface area contributed by atoms with Crippen LogP contribution in [0.5, 0.6) is 0 Å². The second kappa shape index (κ2) is 8.97. The zero-order valence-electron chi connectivity index (χ0n) is 10.6. The average molecular weight is 229 g/mol. The second-order valence-corrected chi connectivity index (χ2v) is 4.83. The summed E-state index contributed by atoms with van der Waals surface area (Å²) in [6.45, 7) is 5.62. The molecule has 0 radical (unpaired) electrons. The molecule has 16 heavy (non-hydrogen) atoms. The number of aliphatic hydroxyl groups excluding tert-OH is 1. The fourth-order valence-electron chi connectivity index (χ4n) is 2.30. The van der Waals surface area contributed by atoms with E-state index in [0.717, 1.165) is 38.5 Å². The Morgan fingerprint density at radius 3 is 2.56 bits per heavy atom. The Morgan fingerprint density at radius 1 is 1.19 bits per heavy atom. The second-order valence-electron chi connectivity index (χ2n) is 4.83. The molecule has 1 unspecified atom stereocenters.